The number of hydrogen-bond donors (Lipinski definition) is 0. The fourth-order valence-corrected chi connectivity index (χ4v) is 1.40. The molecule has 0 atom stereocenters. The first kappa shape index (κ1) is 9.65. The summed E-state index contributed by atoms with van der Waals surface area (Å²) in [5.41, 5.74) is 2.10. The van der Waals surface area contributed by atoms with Crippen LogP contribution in [0.2, 0.25) is 0 Å². The van der Waals surface area contributed by atoms with Crippen LogP contribution < -0.4 is 0 Å². The predicted octanol–water partition coefficient (Wildman–Crippen LogP) is 2.24. The van der Waals surface area contributed by atoms with Crippen LogP contribution >= 0.6 is 0 Å². The third-order valence-corrected chi connectivity index (χ3v) is 2.27. The van der Waals surface area contributed by atoms with Crippen LogP contribution in [0.1, 0.15) is 24.5 Å². The second-order valence-electron chi connectivity index (χ2n) is 3.28. The molecule has 1 amide bonds. The van der Waals surface area contributed by atoms with Crippen molar-refractivity contribution >= 4 is 18.2 Å². The number of benzene rings is 1. The molecule has 0 fully saturated rings. The van der Waals surface area contributed by atoms with Crippen molar-refractivity contribution in [1.82, 2.24) is 5.01 Å². The molecule has 1 aromatic carbocycles. The summed E-state index contributed by atoms with van der Waals surface area (Å²) >= 11 is 0. The monoisotopic (exact) mass is 200 g/mol. The van der Waals surface area contributed by atoms with Gasteiger partial charge in [-0.3, -0.25) is 4.79 Å². The molecule has 15 heavy (non-hydrogen) atoms. The number of hydrogen-bond acceptors (Lipinski definition) is 2. The Morgan fingerprint density at radius 3 is 2.80 bits per heavy atom. The van der Waals surface area contributed by atoms with E-state index >= 15 is 0 Å². The number of hydrazone groups is 1. The van der Waals surface area contributed by atoms with Crippen LogP contribution in [0.15, 0.2) is 35.6 Å². The molecule has 1 heterocycles. The smallest absolute Gasteiger partial charge is 0.246 e. The molecule has 0 N–H and O–H groups in total. The van der Waals surface area contributed by atoms with Crippen molar-refractivity contribution in [2.45, 2.75) is 13.3 Å². The Kier molecular flexibility index (Phi) is 2.63. The zero-order chi connectivity index (χ0) is 10.7. The molecule has 0 spiro atoms. The molecule has 76 valence electrons. The standard InChI is InChI=1S/C12H12N2O/c1-2-12(15)14-8-7-10-5-3-4-6-11(10)9-13-14/h3-9H,2H2,1H3. The maximum Gasteiger partial charge on any atom is 0.246 e. The number of rotatable bonds is 1. The maximum absolute atomic E-state index is 11.4. The molecule has 1 aromatic rings. The summed E-state index contributed by atoms with van der Waals surface area (Å²) < 4.78 is 0. The zero-order valence-corrected chi connectivity index (χ0v) is 8.55. The summed E-state index contributed by atoms with van der Waals surface area (Å²) in [6, 6.07) is 7.89. The minimum Gasteiger partial charge on any atom is -0.273 e. The molecule has 0 unspecified atom stereocenters. The van der Waals surface area contributed by atoms with Crippen LogP contribution in [0.3, 0.4) is 0 Å². The summed E-state index contributed by atoms with van der Waals surface area (Å²) in [5, 5.41) is 5.48. The second-order valence-corrected chi connectivity index (χ2v) is 3.28. The van der Waals surface area contributed by atoms with Gasteiger partial charge in [0.25, 0.3) is 0 Å². The number of amides is 1. The fraction of sp³-hybridized carbons (Fsp3) is 0.167. The Labute approximate surface area is 88.7 Å². The maximum atomic E-state index is 11.4. The Bertz CT molecular complexity index is 402. The molecular weight excluding hydrogens is 188 g/mol. The van der Waals surface area contributed by atoms with Gasteiger partial charge >= 0.3 is 0 Å². The lowest BCUT2D eigenvalue weighted by molar-refractivity contribution is -0.128. The van der Waals surface area contributed by atoms with Gasteiger partial charge in [-0.05, 0) is 11.6 Å². The highest BCUT2D eigenvalue weighted by Crippen LogP contribution is 2.13. The highest BCUT2D eigenvalue weighted by Gasteiger charge is 2.08. The molecule has 0 aliphatic carbocycles. The first-order chi connectivity index (χ1) is 7.31. The molecular formula is C12H12N2O. The van der Waals surface area contributed by atoms with Crippen LogP contribution in [0.5, 0.6) is 0 Å². The normalized spacial score (nSPS) is 13.5. The van der Waals surface area contributed by atoms with Gasteiger partial charge < -0.3 is 0 Å². The van der Waals surface area contributed by atoms with Gasteiger partial charge in [0.05, 0.1) is 6.21 Å². The van der Waals surface area contributed by atoms with E-state index in [9.17, 15) is 4.79 Å². The predicted molar refractivity (Wildman–Crippen MR) is 60.2 cm³/mol. The Balaban J connectivity index is 2.34. The Morgan fingerprint density at radius 1 is 1.33 bits per heavy atom. The van der Waals surface area contributed by atoms with E-state index in [2.05, 4.69) is 5.10 Å². The van der Waals surface area contributed by atoms with Crippen LogP contribution in [0, 0.1) is 0 Å². The third kappa shape index (κ3) is 1.96. The van der Waals surface area contributed by atoms with Crippen LogP contribution in [0.4, 0.5) is 0 Å². The minimum atomic E-state index is -0.00435. The number of carbonyl (C=O) groups is 1. The molecule has 0 radical (unpaired) electrons. The first-order valence-corrected chi connectivity index (χ1v) is 4.94. The average Bonchev–Trinajstić information content (AvgIpc) is 2.50. The van der Waals surface area contributed by atoms with Gasteiger partial charge in [-0.2, -0.15) is 5.10 Å². The highest BCUT2D eigenvalue weighted by molar-refractivity contribution is 5.88. The molecule has 0 saturated heterocycles. The first-order valence-electron chi connectivity index (χ1n) is 4.94. The quantitative estimate of drug-likeness (QED) is 0.684. The molecule has 0 bridgehead atoms. The van der Waals surface area contributed by atoms with E-state index in [0.29, 0.717) is 6.42 Å². The Hall–Kier alpha value is -1.90. The van der Waals surface area contributed by atoms with Crippen LogP contribution in [-0.2, 0) is 4.79 Å². The second kappa shape index (κ2) is 4.09. The largest absolute Gasteiger partial charge is 0.273 e. The van der Waals surface area contributed by atoms with E-state index in [0.717, 1.165) is 11.1 Å². The van der Waals surface area contributed by atoms with Crippen molar-refractivity contribution in [2.24, 2.45) is 5.10 Å². The van der Waals surface area contributed by atoms with Crippen molar-refractivity contribution in [3.05, 3.63) is 41.6 Å². The van der Waals surface area contributed by atoms with Gasteiger partial charge in [0, 0.05) is 18.2 Å². The molecule has 3 nitrogen and oxygen atoms in total. The van der Waals surface area contributed by atoms with E-state index < -0.39 is 0 Å². The van der Waals surface area contributed by atoms with Crippen molar-refractivity contribution in [2.75, 3.05) is 0 Å². The lowest BCUT2D eigenvalue weighted by Crippen LogP contribution is -2.18. The summed E-state index contributed by atoms with van der Waals surface area (Å²) in [5.74, 6) is -0.00435. The average molecular weight is 200 g/mol. The summed E-state index contributed by atoms with van der Waals surface area (Å²) in [7, 11) is 0. The zero-order valence-electron chi connectivity index (χ0n) is 8.55. The van der Waals surface area contributed by atoms with Gasteiger partial charge in [0.1, 0.15) is 0 Å². The van der Waals surface area contributed by atoms with Crippen LogP contribution in [-0.4, -0.2) is 17.1 Å². The fourth-order valence-electron chi connectivity index (χ4n) is 1.40. The summed E-state index contributed by atoms with van der Waals surface area (Å²) in [4.78, 5) is 11.4. The van der Waals surface area contributed by atoms with E-state index in [1.165, 1.54) is 5.01 Å². The number of fused-ring (bicyclic) bond motifs is 1. The topological polar surface area (TPSA) is 32.7 Å². The third-order valence-electron chi connectivity index (χ3n) is 2.27. The number of carbonyl (C=O) groups excluding carboxylic acids is 1. The van der Waals surface area contributed by atoms with E-state index in [1.807, 2.05) is 37.3 Å². The highest BCUT2D eigenvalue weighted by atomic mass is 16.2. The van der Waals surface area contributed by atoms with Crippen molar-refractivity contribution in [3.8, 4) is 0 Å². The van der Waals surface area contributed by atoms with Gasteiger partial charge in [0.2, 0.25) is 5.91 Å². The van der Waals surface area contributed by atoms with Gasteiger partial charge in [-0.15, -0.1) is 0 Å². The van der Waals surface area contributed by atoms with E-state index in [4.69, 9.17) is 0 Å². The molecule has 3 heteroatoms. The van der Waals surface area contributed by atoms with E-state index in [-0.39, 0.29) is 5.91 Å². The van der Waals surface area contributed by atoms with Gasteiger partial charge in [-0.1, -0.05) is 31.2 Å². The molecule has 1 aliphatic rings. The van der Waals surface area contributed by atoms with E-state index in [1.54, 1.807) is 12.4 Å². The molecule has 0 aromatic heterocycles. The summed E-state index contributed by atoms with van der Waals surface area (Å²) in [6.45, 7) is 1.82. The van der Waals surface area contributed by atoms with Gasteiger partial charge in [0.15, 0.2) is 0 Å². The lowest BCUT2D eigenvalue weighted by Gasteiger charge is -2.08. The van der Waals surface area contributed by atoms with Crippen molar-refractivity contribution < 1.29 is 4.79 Å². The lowest BCUT2D eigenvalue weighted by atomic mass is 10.1. The Morgan fingerprint density at radius 2 is 2.07 bits per heavy atom. The SMILES string of the molecule is CCC(=O)N1C=Cc2ccccc2C=N1. The molecule has 0 saturated carbocycles. The number of nitrogens with zero attached hydrogens (tertiary/aromatic N) is 2. The van der Waals surface area contributed by atoms with Gasteiger partial charge in [-0.25, -0.2) is 5.01 Å². The molecule has 1 aliphatic heterocycles. The molecule has 2 rings (SSSR count). The van der Waals surface area contributed by atoms with Crippen molar-refractivity contribution in [3.63, 3.8) is 0 Å². The van der Waals surface area contributed by atoms with Crippen LogP contribution in [0.25, 0.3) is 6.08 Å². The van der Waals surface area contributed by atoms with Crippen molar-refractivity contribution in [1.29, 1.82) is 0 Å². The summed E-state index contributed by atoms with van der Waals surface area (Å²) in [6.07, 6.45) is 5.77. The minimum absolute atomic E-state index is 0.00435.